The highest BCUT2D eigenvalue weighted by Crippen LogP contribution is 2.48. The smallest absolute Gasteiger partial charge is 0.407 e. The van der Waals surface area contributed by atoms with Gasteiger partial charge in [-0.2, -0.15) is 0 Å². The molecule has 0 heterocycles. The van der Waals surface area contributed by atoms with Gasteiger partial charge in [-0.1, -0.05) is 61.9 Å². The number of carbonyl (C=O) groups excluding carboxylic acids is 1. The number of carbonyl (C=O) groups is 1. The van der Waals surface area contributed by atoms with E-state index in [4.69, 9.17) is 4.74 Å². The first-order chi connectivity index (χ1) is 13.6. The Labute approximate surface area is 166 Å². The largest absolute Gasteiger partial charge is 0.449 e. The van der Waals surface area contributed by atoms with Gasteiger partial charge in [0, 0.05) is 19.1 Å². The van der Waals surface area contributed by atoms with Gasteiger partial charge in [0.25, 0.3) is 0 Å². The van der Waals surface area contributed by atoms with E-state index >= 15 is 0 Å². The summed E-state index contributed by atoms with van der Waals surface area (Å²) in [5.74, 6) is 0.490. The molecular formula is C24H29NO3. The molecule has 4 rings (SSSR count). The van der Waals surface area contributed by atoms with E-state index in [-0.39, 0.29) is 24.0 Å². The summed E-state index contributed by atoms with van der Waals surface area (Å²) >= 11 is 0. The van der Waals surface area contributed by atoms with Gasteiger partial charge in [-0.3, -0.25) is 0 Å². The lowest BCUT2D eigenvalue weighted by molar-refractivity contribution is 0.0408. The third-order valence-electron chi connectivity index (χ3n) is 6.89. The van der Waals surface area contributed by atoms with Crippen LogP contribution in [0.5, 0.6) is 0 Å². The number of fused-ring (bicyclic) bond motifs is 3. The topological polar surface area (TPSA) is 58.6 Å². The second-order valence-electron chi connectivity index (χ2n) is 8.31. The fraction of sp³-hybridized carbons (Fsp3) is 0.458. The maximum atomic E-state index is 12.4. The molecule has 0 aliphatic heterocycles. The number of aliphatic hydroxyl groups is 1. The zero-order chi connectivity index (χ0) is 19.6. The Morgan fingerprint density at radius 3 is 2.29 bits per heavy atom. The Hall–Kier alpha value is -2.33. The van der Waals surface area contributed by atoms with Crippen molar-refractivity contribution >= 4 is 6.09 Å². The molecule has 1 saturated carbocycles. The summed E-state index contributed by atoms with van der Waals surface area (Å²) in [6.45, 7) is 3.35. The summed E-state index contributed by atoms with van der Waals surface area (Å²) in [6, 6.07) is 16.7. The molecule has 28 heavy (non-hydrogen) atoms. The number of benzene rings is 2. The average molecular weight is 380 g/mol. The van der Waals surface area contributed by atoms with Crippen molar-refractivity contribution in [3.8, 4) is 11.1 Å². The van der Waals surface area contributed by atoms with E-state index < -0.39 is 0 Å². The Balaban J connectivity index is 1.38. The first kappa shape index (κ1) is 19.0. The molecule has 1 atom stereocenters. The summed E-state index contributed by atoms with van der Waals surface area (Å²) in [5.41, 5.74) is 5.04. The molecule has 2 aliphatic rings. The molecule has 0 spiro atoms. The highest BCUT2D eigenvalue weighted by Gasteiger charge is 2.41. The normalized spacial score (nSPS) is 17.9. The summed E-state index contributed by atoms with van der Waals surface area (Å²) in [7, 11) is 0. The van der Waals surface area contributed by atoms with Crippen molar-refractivity contribution < 1.29 is 14.6 Å². The van der Waals surface area contributed by atoms with E-state index in [1.54, 1.807) is 0 Å². The van der Waals surface area contributed by atoms with Crippen molar-refractivity contribution in [3.63, 3.8) is 0 Å². The van der Waals surface area contributed by atoms with Crippen LogP contribution in [0.25, 0.3) is 11.1 Å². The van der Waals surface area contributed by atoms with Crippen molar-refractivity contribution in [2.24, 2.45) is 11.3 Å². The molecule has 4 heteroatoms. The molecule has 4 nitrogen and oxygen atoms in total. The van der Waals surface area contributed by atoms with Crippen LogP contribution in [-0.2, 0) is 4.74 Å². The minimum atomic E-state index is -0.343. The van der Waals surface area contributed by atoms with Crippen molar-refractivity contribution in [1.82, 2.24) is 5.32 Å². The van der Waals surface area contributed by atoms with E-state index in [2.05, 4.69) is 48.6 Å². The van der Waals surface area contributed by atoms with Crippen LogP contribution >= 0.6 is 0 Å². The van der Waals surface area contributed by atoms with Gasteiger partial charge >= 0.3 is 6.09 Å². The van der Waals surface area contributed by atoms with Crippen molar-refractivity contribution in [1.29, 1.82) is 0 Å². The van der Waals surface area contributed by atoms with E-state index in [1.165, 1.54) is 28.7 Å². The number of ether oxygens (including phenoxy) is 1. The molecule has 2 N–H and O–H groups in total. The summed E-state index contributed by atoms with van der Waals surface area (Å²) < 4.78 is 5.64. The van der Waals surface area contributed by atoms with Crippen molar-refractivity contribution in [2.45, 2.75) is 38.5 Å². The van der Waals surface area contributed by atoms with Gasteiger partial charge in [-0.05, 0) is 52.8 Å². The van der Waals surface area contributed by atoms with Crippen LogP contribution in [0, 0.1) is 11.3 Å². The highest BCUT2D eigenvalue weighted by molar-refractivity contribution is 5.79. The molecule has 1 fully saturated rings. The monoisotopic (exact) mass is 379 g/mol. The predicted octanol–water partition coefficient (Wildman–Crippen LogP) is 4.71. The second kappa shape index (κ2) is 7.96. The van der Waals surface area contributed by atoms with Gasteiger partial charge in [0.15, 0.2) is 0 Å². The van der Waals surface area contributed by atoms with Gasteiger partial charge in [-0.15, -0.1) is 0 Å². The molecule has 0 saturated heterocycles. The summed E-state index contributed by atoms with van der Waals surface area (Å²) in [5, 5.41) is 12.2. The van der Waals surface area contributed by atoms with Crippen molar-refractivity contribution in [3.05, 3.63) is 59.7 Å². The van der Waals surface area contributed by atoms with Crippen LogP contribution in [0.1, 0.15) is 49.7 Å². The number of amides is 1. The Bertz CT molecular complexity index is 798. The quantitative estimate of drug-likeness (QED) is 0.732. The molecular weight excluding hydrogens is 350 g/mol. The van der Waals surface area contributed by atoms with Crippen LogP contribution in [0.3, 0.4) is 0 Å². The lowest BCUT2D eigenvalue weighted by atomic mass is 9.61. The van der Waals surface area contributed by atoms with Gasteiger partial charge in [0.2, 0.25) is 0 Å². The first-order valence-electron chi connectivity index (χ1n) is 10.3. The summed E-state index contributed by atoms with van der Waals surface area (Å²) in [6.07, 6.45) is 3.86. The standard InChI is InChI=1S/C24H29NO3/c1-17(11-14-26)24(12-6-13-24)16-25-23(27)28-15-22-20-9-4-2-7-18(20)19-8-3-5-10-21(19)22/h2-5,7-10,17,22,26H,6,11-16H2,1H3,(H,25,27). The fourth-order valence-electron chi connectivity index (χ4n) is 4.87. The Kier molecular flexibility index (Phi) is 5.40. The van der Waals surface area contributed by atoms with E-state index in [0.29, 0.717) is 19.1 Å². The molecule has 0 radical (unpaired) electrons. The zero-order valence-corrected chi connectivity index (χ0v) is 16.5. The molecule has 1 amide bonds. The summed E-state index contributed by atoms with van der Waals surface area (Å²) in [4.78, 5) is 12.4. The number of hydrogen-bond acceptors (Lipinski definition) is 3. The lowest BCUT2D eigenvalue weighted by Gasteiger charge is -2.46. The molecule has 148 valence electrons. The number of nitrogens with one attached hydrogen (secondary N) is 1. The van der Waals surface area contributed by atoms with Gasteiger partial charge in [0.1, 0.15) is 6.61 Å². The zero-order valence-electron chi connectivity index (χ0n) is 16.5. The van der Waals surface area contributed by atoms with Crippen LogP contribution in [-0.4, -0.2) is 31.0 Å². The minimum Gasteiger partial charge on any atom is -0.449 e. The predicted molar refractivity (Wildman–Crippen MR) is 110 cm³/mol. The minimum absolute atomic E-state index is 0.0872. The molecule has 2 aliphatic carbocycles. The Morgan fingerprint density at radius 1 is 1.14 bits per heavy atom. The van der Waals surface area contributed by atoms with E-state index in [9.17, 15) is 9.90 Å². The maximum absolute atomic E-state index is 12.4. The molecule has 2 aromatic carbocycles. The first-order valence-corrected chi connectivity index (χ1v) is 10.3. The van der Waals surface area contributed by atoms with Crippen molar-refractivity contribution in [2.75, 3.05) is 19.8 Å². The number of rotatable bonds is 7. The average Bonchev–Trinajstić information content (AvgIpc) is 3.00. The third kappa shape index (κ3) is 3.42. The van der Waals surface area contributed by atoms with Gasteiger partial charge < -0.3 is 15.2 Å². The second-order valence-corrected chi connectivity index (χ2v) is 8.31. The maximum Gasteiger partial charge on any atom is 0.407 e. The fourth-order valence-corrected chi connectivity index (χ4v) is 4.87. The van der Waals surface area contributed by atoms with Crippen LogP contribution in [0.15, 0.2) is 48.5 Å². The third-order valence-corrected chi connectivity index (χ3v) is 6.89. The number of aliphatic hydroxyl groups excluding tert-OH is 1. The Morgan fingerprint density at radius 2 is 1.75 bits per heavy atom. The SMILES string of the molecule is CC(CCO)C1(CNC(=O)OCC2c3ccccc3-c3ccccc32)CCC1. The van der Waals surface area contributed by atoms with Crippen LogP contribution < -0.4 is 5.32 Å². The molecule has 0 aromatic heterocycles. The van der Waals surface area contributed by atoms with Crippen LogP contribution in [0.2, 0.25) is 0 Å². The molecule has 1 unspecified atom stereocenters. The number of hydrogen-bond donors (Lipinski definition) is 2. The molecule has 2 aromatic rings. The van der Waals surface area contributed by atoms with E-state index in [1.807, 2.05) is 12.1 Å². The van der Waals surface area contributed by atoms with Crippen LogP contribution in [0.4, 0.5) is 4.79 Å². The molecule has 0 bridgehead atoms. The lowest BCUT2D eigenvalue weighted by Crippen LogP contribution is -2.46. The van der Waals surface area contributed by atoms with Gasteiger partial charge in [0.05, 0.1) is 0 Å². The highest BCUT2D eigenvalue weighted by atomic mass is 16.5. The van der Waals surface area contributed by atoms with E-state index in [0.717, 1.165) is 19.3 Å². The van der Waals surface area contributed by atoms with Gasteiger partial charge in [-0.25, -0.2) is 4.79 Å². The number of alkyl carbamates (subject to hydrolysis) is 1.